The lowest BCUT2D eigenvalue weighted by Crippen LogP contribution is -2.40. The van der Waals surface area contributed by atoms with Crippen molar-refractivity contribution >= 4 is 22.1 Å². The van der Waals surface area contributed by atoms with Crippen LogP contribution in [0.2, 0.25) is 0 Å². The number of nitrogens with one attached hydrogen (secondary N) is 3. The summed E-state index contributed by atoms with van der Waals surface area (Å²) in [6.45, 7) is 2.03. The first-order chi connectivity index (χ1) is 12.3. The fourth-order valence-corrected chi connectivity index (χ4v) is 3.69. The van der Waals surface area contributed by atoms with E-state index in [9.17, 15) is 0 Å². The Balaban J connectivity index is 0.000000150. The second-order valence-electron chi connectivity index (χ2n) is 7.10. The number of aromatic amines is 2. The molecule has 3 N–H and O–H groups in total. The minimum absolute atomic E-state index is 0.529. The molecule has 2 aliphatic rings. The predicted octanol–water partition coefficient (Wildman–Crippen LogP) is 3.61. The maximum Gasteiger partial charge on any atom is 0.139 e. The van der Waals surface area contributed by atoms with E-state index in [4.69, 9.17) is 5.26 Å². The van der Waals surface area contributed by atoms with Crippen LogP contribution in [0.15, 0.2) is 18.5 Å². The van der Waals surface area contributed by atoms with E-state index in [-0.39, 0.29) is 0 Å². The van der Waals surface area contributed by atoms with Crippen LogP contribution in [0.25, 0.3) is 22.1 Å². The van der Waals surface area contributed by atoms with Crippen LogP contribution < -0.4 is 5.32 Å². The SMILES string of the molecule is N#CCC1CCCCC1.c1cc2c(ncc3[nH]c(C4CNC4)nc32)[nH]1. The smallest absolute Gasteiger partial charge is 0.139 e. The number of imidazole rings is 1. The Morgan fingerprint density at radius 2 is 2.04 bits per heavy atom. The molecule has 3 aromatic rings. The van der Waals surface area contributed by atoms with Gasteiger partial charge in [-0.2, -0.15) is 5.26 Å². The number of pyridine rings is 1. The second-order valence-corrected chi connectivity index (χ2v) is 7.10. The van der Waals surface area contributed by atoms with Crippen LogP contribution in [0, 0.1) is 17.2 Å². The second kappa shape index (κ2) is 7.24. The number of fused-ring (bicyclic) bond motifs is 3. The van der Waals surface area contributed by atoms with Crippen LogP contribution in [-0.2, 0) is 0 Å². The zero-order chi connectivity index (χ0) is 17.1. The molecule has 1 saturated carbocycles. The van der Waals surface area contributed by atoms with Crippen molar-refractivity contribution in [1.29, 1.82) is 5.26 Å². The fraction of sp³-hybridized carbons (Fsp3) is 0.526. The minimum Gasteiger partial charge on any atom is -0.346 e. The van der Waals surface area contributed by atoms with E-state index in [1.165, 1.54) is 32.1 Å². The molecular weight excluding hydrogens is 312 g/mol. The third-order valence-electron chi connectivity index (χ3n) is 5.33. The Morgan fingerprint density at radius 3 is 2.76 bits per heavy atom. The van der Waals surface area contributed by atoms with Crippen molar-refractivity contribution in [2.45, 2.75) is 44.4 Å². The van der Waals surface area contributed by atoms with Crippen molar-refractivity contribution in [2.75, 3.05) is 13.1 Å². The molecule has 0 radical (unpaired) electrons. The molecule has 1 aliphatic heterocycles. The molecule has 0 spiro atoms. The van der Waals surface area contributed by atoms with Gasteiger partial charge >= 0.3 is 0 Å². The summed E-state index contributed by atoms with van der Waals surface area (Å²) in [7, 11) is 0. The fourth-order valence-electron chi connectivity index (χ4n) is 3.69. The Morgan fingerprint density at radius 1 is 1.20 bits per heavy atom. The van der Waals surface area contributed by atoms with Crippen molar-refractivity contribution in [3.8, 4) is 6.07 Å². The third kappa shape index (κ3) is 3.38. The molecule has 130 valence electrons. The van der Waals surface area contributed by atoms with Gasteiger partial charge in [-0.3, -0.25) is 0 Å². The average Bonchev–Trinajstić information content (AvgIpc) is 3.20. The molecule has 2 fully saturated rings. The predicted molar refractivity (Wildman–Crippen MR) is 98.2 cm³/mol. The highest BCUT2D eigenvalue weighted by Crippen LogP contribution is 2.26. The van der Waals surface area contributed by atoms with Gasteiger partial charge < -0.3 is 15.3 Å². The Bertz CT molecular complexity index is 876. The molecule has 25 heavy (non-hydrogen) atoms. The molecule has 6 heteroatoms. The van der Waals surface area contributed by atoms with Gasteiger partial charge in [0, 0.05) is 37.0 Å². The van der Waals surface area contributed by atoms with Gasteiger partial charge in [0.2, 0.25) is 0 Å². The highest BCUT2D eigenvalue weighted by Gasteiger charge is 2.22. The van der Waals surface area contributed by atoms with Crippen molar-refractivity contribution in [3.05, 3.63) is 24.3 Å². The van der Waals surface area contributed by atoms with Gasteiger partial charge in [-0.25, -0.2) is 9.97 Å². The molecule has 4 heterocycles. The molecule has 0 aromatic carbocycles. The maximum atomic E-state index is 8.37. The Labute approximate surface area is 147 Å². The molecule has 0 bridgehead atoms. The van der Waals surface area contributed by atoms with Gasteiger partial charge in [0.05, 0.1) is 17.8 Å². The largest absolute Gasteiger partial charge is 0.346 e. The molecule has 1 aliphatic carbocycles. The first-order valence-corrected chi connectivity index (χ1v) is 9.24. The standard InChI is InChI=1S/C11H11N5.C8H13N/c1-2-13-11-7(1)9-8(5-14-11)15-10(16-9)6-3-12-4-6;9-7-6-8-4-2-1-3-5-8/h1-2,5-6,12H,3-4H2,(H,13,14)(H,15,16);8H,1-6H2. The number of H-pyrrole nitrogens is 2. The van der Waals surface area contributed by atoms with E-state index in [0.29, 0.717) is 5.92 Å². The lowest BCUT2D eigenvalue weighted by atomic mass is 9.87. The number of hydrogen-bond acceptors (Lipinski definition) is 4. The van der Waals surface area contributed by atoms with E-state index >= 15 is 0 Å². The summed E-state index contributed by atoms with van der Waals surface area (Å²) < 4.78 is 0. The highest BCUT2D eigenvalue weighted by atomic mass is 15.0. The van der Waals surface area contributed by atoms with E-state index in [0.717, 1.165) is 53.3 Å². The van der Waals surface area contributed by atoms with E-state index in [1.54, 1.807) is 0 Å². The first kappa shape index (κ1) is 16.1. The Hall–Kier alpha value is -2.39. The minimum atomic E-state index is 0.529. The topological polar surface area (TPSA) is 93.2 Å². The van der Waals surface area contributed by atoms with E-state index < -0.39 is 0 Å². The van der Waals surface area contributed by atoms with Crippen molar-refractivity contribution in [3.63, 3.8) is 0 Å². The molecule has 0 atom stereocenters. The van der Waals surface area contributed by atoms with Gasteiger partial charge in [0.15, 0.2) is 0 Å². The lowest BCUT2D eigenvalue weighted by Gasteiger charge is -2.24. The van der Waals surface area contributed by atoms with Crippen LogP contribution in [0.1, 0.15) is 50.3 Å². The van der Waals surface area contributed by atoms with E-state index in [1.807, 2.05) is 18.5 Å². The first-order valence-electron chi connectivity index (χ1n) is 9.24. The quantitative estimate of drug-likeness (QED) is 0.666. The number of aromatic nitrogens is 4. The monoisotopic (exact) mass is 336 g/mol. The number of nitriles is 1. The lowest BCUT2D eigenvalue weighted by molar-refractivity contribution is 0.364. The zero-order valence-electron chi connectivity index (χ0n) is 14.4. The van der Waals surface area contributed by atoms with Crippen molar-refractivity contribution in [2.24, 2.45) is 5.92 Å². The Kier molecular flexibility index (Phi) is 4.66. The van der Waals surface area contributed by atoms with Crippen LogP contribution >= 0.6 is 0 Å². The molecule has 0 amide bonds. The van der Waals surface area contributed by atoms with E-state index in [2.05, 4.69) is 31.3 Å². The van der Waals surface area contributed by atoms with Crippen molar-refractivity contribution in [1.82, 2.24) is 25.3 Å². The maximum absolute atomic E-state index is 8.37. The van der Waals surface area contributed by atoms with Crippen molar-refractivity contribution < 1.29 is 0 Å². The summed E-state index contributed by atoms with van der Waals surface area (Å²) in [6, 6.07) is 4.26. The summed E-state index contributed by atoms with van der Waals surface area (Å²) in [6.07, 6.45) is 11.2. The summed E-state index contributed by atoms with van der Waals surface area (Å²) in [5.74, 6) is 2.34. The highest BCUT2D eigenvalue weighted by molar-refractivity contribution is 6.00. The zero-order valence-corrected chi connectivity index (χ0v) is 14.4. The molecule has 1 saturated heterocycles. The summed E-state index contributed by atoms with van der Waals surface area (Å²) in [4.78, 5) is 15.5. The van der Waals surface area contributed by atoms with Crippen LogP contribution in [0.5, 0.6) is 0 Å². The van der Waals surface area contributed by atoms with Crippen LogP contribution in [0.4, 0.5) is 0 Å². The normalized spacial score (nSPS) is 18.5. The molecule has 6 nitrogen and oxygen atoms in total. The number of hydrogen-bond donors (Lipinski definition) is 3. The molecule has 5 rings (SSSR count). The van der Waals surface area contributed by atoms with Gasteiger partial charge in [-0.1, -0.05) is 19.3 Å². The van der Waals surface area contributed by atoms with Gasteiger partial charge in [0.25, 0.3) is 0 Å². The number of nitrogens with zero attached hydrogens (tertiary/aromatic N) is 3. The van der Waals surface area contributed by atoms with Crippen LogP contribution in [0.3, 0.4) is 0 Å². The van der Waals surface area contributed by atoms with Gasteiger partial charge in [0.1, 0.15) is 17.0 Å². The van der Waals surface area contributed by atoms with Gasteiger partial charge in [-0.15, -0.1) is 0 Å². The summed E-state index contributed by atoms with van der Waals surface area (Å²) in [5, 5.41) is 12.7. The van der Waals surface area contributed by atoms with Crippen LogP contribution in [-0.4, -0.2) is 33.0 Å². The van der Waals surface area contributed by atoms with Gasteiger partial charge in [-0.05, 0) is 24.8 Å². The molecular formula is C19H24N6. The summed E-state index contributed by atoms with van der Waals surface area (Å²) in [5.41, 5.74) is 2.94. The molecule has 3 aromatic heterocycles. The summed E-state index contributed by atoms with van der Waals surface area (Å²) >= 11 is 0. The average molecular weight is 336 g/mol. The third-order valence-corrected chi connectivity index (χ3v) is 5.33. The molecule has 0 unspecified atom stereocenters. The number of rotatable bonds is 2.